The predicted molar refractivity (Wildman–Crippen MR) is 64.1 cm³/mol. The SMILES string of the molecule is COC(=O)C(C)(C)[C@H](N)c1cc(Cl)ccc1F. The third-order valence-electron chi connectivity index (χ3n) is 2.78. The highest BCUT2D eigenvalue weighted by Gasteiger charge is 2.37. The van der Waals surface area contributed by atoms with Crippen molar-refractivity contribution in [3.8, 4) is 0 Å². The van der Waals surface area contributed by atoms with Crippen molar-refractivity contribution in [1.29, 1.82) is 0 Å². The van der Waals surface area contributed by atoms with E-state index in [-0.39, 0.29) is 5.56 Å². The predicted octanol–water partition coefficient (Wildman–Crippen LogP) is 2.68. The lowest BCUT2D eigenvalue weighted by atomic mass is 9.81. The molecule has 3 nitrogen and oxygen atoms in total. The molecule has 0 amide bonds. The zero-order valence-electron chi connectivity index (χ0n) is 9.96. The fraction of sp³-hybridized carbons (Fsp3) is 0.417. The van der Waals surface area contributed by atoms with Crippen LogP contribution in [0.25, 0.3) is 0 Å². The molecule has 0 heterocycles. The lowest BCUT2D eigenvalue weighted by Gasteiger charge is -2.29. The first-order valence-corrected chi connectivity index (χ1v) is 5.47. The summed E-state index contributed by atoms with van der Waals surface area (Å²) in [6, 6.07) is 3.25. The molecule has 0 saturated carbocycles. The highest BCUT2D eigenvalue weighted by molar-refractivity contribution is 6.30. The Morgan fingerprint density at radius 1 is 1.53 bits per heavy atom. The molecule has 0 fully saturated rings. The van der Waals surface area contributed by atoms with Gasteiger partial charge in [-0.05, 0) is 32.0 Å². The minimum Gasteiger partial charge on any atom is -0.469 e. The largest absolute Gasteiger partial charge is 0.469 e. The zero-order chi connectivity index (χ0) is 13.2. The number of nitrogens with two attached hydrogens (primary N) is 1. The van der Waals surface area contributed by atoms with E-state index in [0.717, 1.165) is 0 Å². The number of hydrogen-bond acceptors (Lipinski definition) is 3. The molecule has 0 bridgehead atoms. The van der Waals surface area contributed by atoms with Gasteiger partial charge in [-0.1, -0.05) is 11.6 Å². The molecule has 0 aromatic heterocycles. The zero-order valence-corrected chi connectivity index (χ0v) is 10.7. The van der Waals surface area contributed by atoms with Gasteiger partial charge in [0.05, 0.1) is 12.5 Å². The van der Waals surface area contributed by atoms with Gasteiger partial charge in [0, 0.05) is 16.6 Å². The Balaban J connectivity index is 3.15. The number of carbonyl (C=O) groups is 1. The summed E-state index contributed by atoms with van der Waals surface area (Å²) in [5, 5.41) is 0.373. The Hall–Kier alpha value is -1.13. The lowest BCUT2D eigenvalue weighted by Crippen LogP contribution is -2.37. The summed E-state index contributed by atoms with van der Waals surface area (Å²) in [7, 11) is 1.27. The maximum atomic E-state index is 13.6. The average Bonchev–Trinajstić information content (AvgIpc) is 2.30. The van der Waals surface area contributed by atoms with Crippen molar-refractivity contribution in [2.75, 3.05) is 7.11 Å². The Labute approximate surface area is 105 Å². The van der Waals surface area contributed by atoms with Crippen molar-refractivity contribution in [3.05, 3.63) is 34.6 Å². The quantitative estimate of drug-likeness (QED) is 0.849. The number of methoxy groups -OCH3 is 1. The van der Waals surface area contributed by atoms with Crippen LogP contribution in [0, 0.1) is 11.2 Å². The van der Waals surface area contributed by atoms with E-state index >= 15 is 0 Å². The molecule has 0 spiro atoms. The molecule has 1 rings (SSSR count). The second-order valence-electron chi connectivity index (χ2n) is 4.36. The number of rotatable bonds is 3. The standard InChI is InChI=1S/C12H15ClFNO2/c1-12(2,11(16)17-3)10(15)8-6-7(13)4-5-9(8)14/h4-6,10H,15H2,1-3H3/t10-/m1/s1. The molecule has 94 valence electrons. The first-order valence-electron chi connectivity index (χ1n) is 5.09. The van der Waals surface area contributed by atoms with Crippen molar-refractivity contribution >= 4 is 17.6 Å². The normalized spacial score (nSPS) is 13.3. The molecule has 17 heavy (non-hydrogen) atoms. The summed E-state index contributed by atoms with van der Waals surface area (Å²) < 4.78 is 18.3. The summed E-state index contributed by atoms with van der Waals surface area (Å²) >= 11 is 5.79. The van der Waals surface area contributed by atoms with Crippen molar-refractivity contribution in [3.63, 3.8) is 0 Å². The third kappa shape index (κ3) is 2.76. The van der Waals surface area contributed by atoms with Gasteiger partial charge in [0.2, 0.25) is 0 Å². The van der Waals surface area contributed by atoms with Crippen LogP contribution < -0.4 is 5.73 Å². The topological polar surface area (TPSA) is 52.3 Å². The van der Waals surface area contributed by atoms with E-state index in [1.54, 1.807) is 13.8 Å². The first-order chi connectivity index (χ1) is 7.80. The van der Waals surface area contributed by atoms with Gasteiger partial charge in [0.15, 0.2) is 0 Å². The lowest BCUT2D eigenvalue weighted by molar-refractivity contribution is -0.152. The van der Waals surface area contributed by atoms with E-state index < -0.39 is 23.2 Å². The van der Waals surface area contributed by atoms with E-state index in [2.05, 4.69) is 4.74 Å². The molecule has 0 unspecified atom stereocenters. The van der Waals surface area contributed by atoms with E-state index in [9.17, 15) is 9.18 Å². The molecule has 1 aromatic rings. The molecule has 5 heteroatoms. The van der Waals surface area contributed by atoms with Gasteiger partial charge >= 0.3 is 5.97 Å². The molecule has 0 aliphatic rings. The van der Waals surface area contributed by atoms with Gasteiger partial charge in [-0.2, -0.15) is 0 Å². The monoisotopic (exact) mass is 259 g/mol. The van der Waals surface area contributed by atoms with Crippen LogP contribution in [0.4, 0.5) is 4.39 Å². The van der Waals surface area contributed by atoms with Crippen LogP contribution in [0.5, 0.6) is 0 Å². The van der Waals surface area contributed by atoms with Gasteiger partial charge in [0.25, 0.3) is 0 Å². The minimum absolute atomic E-state index is 0.202. The van der Waals surface area contributed by atoms with Gasteiger partial charge in [0.1, 0.15) is 5.82 Å². The Bertz CT molecular complexity index is 435. The highest BCUT2D eigenvalue weighted by atomic mass is 35.5. The van der Waals surface area contributed by atoms with Crippen LogP contribution in [-0.2, 0) is 9.53 Å². The Morgan fingerprint density at radius 3 is 2.65 bits per heavy atom. The highest BCUT2D eigenvalue weighted by Crippen LogP contribution is 2.34. The van der Waals surface area contributed by atoms with Gasteiger partial charge in [-0.25, -0.2) is 4.39 Å². The van der Waals surface area contributed by atoms with Crippen molar-refractivity contribution in [2.45, 2.75) is 19.9 Å². The maximum Gasteiger partial charge on any atom is 0.313 e. The smallest absolute Gasteiger partial charge is 0.313 e. The van der Waals surface area contributed by atoms with Crippen LogP contribution in [0.1, 0.15) is 25.5 Å². The van der Waals surface area contributed by atoms with Crippen molar-refractivity contribution in [2.24, 2.45) is 11.1 Å². The third-order valence-corrected chi connectivity index (χ3v) is 3.02. The van der Waals surface area contributed by atoms with E-state index in [4.69, 9.17) is 17.3 Å². The van der Waals surface area contributed by atoms with Crippen LogP contribution in [-0.4, -0.2) is 13.1 Å². The fourth-order valence-corrected chi connectivity index (χ4v) is 1.71. The molecule has 0 radical (unpaired) electrons. The van der Waals surface area contributed by atoms with E-state index in [0.29, 0.717) is 5.02 Å². The van der Waals surface area contributed by atoms with Crippen LogP contribution in [0.3, 0.4) is 0 Å². The second kappa shape index (κ2) is 5.02. The van der Waals surface area contributed by atoms with Gasteiger partial charge < -0.3 is 10.5 Å². The van der Waals surface area contributed by atoms with Crippen LogP contribution in [0.15, 0.2) is 18.2 Å². The molecule has 0 aliphatic heterocycles. The number of benzene rings is 1. The van der Waals surface area contributed by atoms with Crippen LogP contribution in [0.2, 0.25) is 5.02 Å². The number of ether oxygens (including phenoxy) is 1. The number of hydrogen-bond donors (Lipinski definition) is 1. The van der Waals surface area contributed by atoms with E-state index in [1.165, 1.54) is 25.3 Å². The molecule has 2 N–H and O–H groups in total. The molecule has 0 saturated heterocycles. The summed E-state index contributed by atoms with van der Waals surface area (Å²) in [5.74, 6) is -0.983. The molecule has 0 aliphatic carbocycles. The average molecular weight is 260 g/mol. The summed E-state index contributed by atoms with van der Waals surface area (Å²) in [6.07, 6.45) is 0. The molecular weight excluding hydrogens is 245 g/mol. The Kier molecular flexibility index (Phi) is 4.11. The number of halogens is 2. The Morgan fingerprint density at radius 2 is 2.12 bits per heavy atom. The van der Waals surface area contributed by atoms with E-state index in [1.807, 2.05) is 0 Å². The molecule has 1 aromatic carbocycles. The minimum atomic E-state index is -1.03. The van der Waals surface area contributed by atoms with Gasteiger partial charge in [-0.3, -0.25) is 4.79 Å². The first kappa shape index (κ1) is 13.9. The summed E-state index contributed by atoms with van der Waals surface area (Å²) in [5.41, 5.74) is 5.09. The van der Waals surface area contributed by atoms with Crippen LogP contribution >= 0.6 is 11.6 Å². The summed E-state index contributed by atoms with van der Waals surface area (Å²) in [4.78, 5) is 11.6. The molecule has 1 atom stereocenters. The van der Waals surface area contributed by atoms with Gasteiger partial charge in [-0.15, -0.1) is 0 Å². The van der Waals surface area contributed by atoms with Crippen molar-refractivity contribution in [1.82, 2.24) is 0 Å². The second-order valence-corrected chi connectivity index (χ2v) is 4.79. The van der Waals surface area contributed by atoms with Crippen molar-refractivity contribution < 1.29 is 13.9 Å². The fourth-order valence-electron chi connectivity index (χ4n) is 1.53. The number of esters is 1. The summed E-state index contributed by atoms with van der Waals surface area (Å²) in [6.45, 7) is 3.20. The maximum absolute atomic E-state index is 13.6. The number of carbonyl (C=O) groups excluding carboxylic acids is 1. The molecular formula is C12H15ClFNO2.